The second-order valence-corrected chi connectivity index (χ2v) is 9.11. The van der Waals surface area contributed by atoms with Crippen molar-refractivity contribution in [3.05, 3.63) is 53.1 Å². The lowest BCUT2D eigenvalue weighted by Gasteiger charge is -2.19. The maximum Gasteiger partial charge on any atom is 0.259 e. The number of nitrogens with zero attached hydrogens (tertiary/aromatic N) is 2. The van der Waals surface area contributed by atoms with Gasteiger partial charge in [0.25, 0.3) is 11.8 Å². The van der Waals surface area contributed by atoms with E-state index in [2.05, 4.69) is 5.32 Å². The molecule has 0 saturated carbocycles. The molecule has 0 saturated heterocycles. The number of amides is 2. The molecule has 0 aliphatic carbocycles. The van der Waals surface area contributed by atoms with Crippen molar-refractivity contribution in [1.29, 1.82) is 0 Å². The lowest BCUT2D eigenvalue weighted by atomic mass is 10.2. The minimum atomic E-state index is -3.79. The molecular formula is C21H26ClN3O5S. The van der Waals surface area contributed by atoms with Crippen LogP contribution in [0.1, 0.15) is 24.2 Å². The van der Waals surface area contributed by atoms with Crippen LogP contribution < -0.4 is 10.1 Å². The Morgan fingerprint density at radius 1 is 1.06 bits per heavy atom. The van der Waals surface area contributed by atoms with Crippen LogP contribution in [0.25, 0.3) is 0 Å². The topological polar surface area (TPSA) is 96.0 Å². The van der Waals surface area contributed by atoms with Gasteiger partial charge in [-0.05, 0) is 36.4 Å². The molecule has 0 unspecified atom stereocenters. The third kappa shape index (κ3) is 6.19. The van der Waals surface area contributed by atoms with Crippen LogP contribution in [-0.4, -0.2) is 63.2 Å². The van der Waals surface area contributed by atoms with Crippen molar-refractivity contribution in [1.82, 2.24) is 9.21 Å². The predicted molar refractivity (Wildman–Crippen MR) is 120 cm³/mol. The SMILES string of the molecule is CCN(CC)S(=O)(=O)c1cc(NC(=O)c2cccc(OCC(=O)N(C)C)c2)ccc1Cl. The molecule has 0 heterocycles. The van der Waals surface area contributed by atoms with Crippen LogP contribution in [0.3, 0.4) is 0 Å². The quantitative estimate of drug-likeness (QED) is 0.611. The summed E-state index contributed by atoms with van der Waals surface area (Å²) < 4.78 is 32.4. The van der Waals surface area contributed by atoms with Crippen LogP contribution in [0.15, 0.2) is 47.4 Å². The van der Waals surface area contributed by atoms with Gasteiger partial charge in [-0.1, -0.05) is 31.5 Å². The van der Waals surface area contributed by atoms with Gasteiger partial charge < -0.3 is 15.0 Å². The Kier molecular flexibility index (Phi) is 8.43. The van der Waals surface area contributed by atoms with Crippen LogP contribution in [-0.2, 0) is 14.8 Å². The molecule has 168 valence electrons. The number of hydrogen-bond donors (Lipinski definition) is 1. The van der Waals surface area contributed by atoms with Crippen molar-refractivity contribution in [2.75, 3.05) is 39.1 Å². The Morgan fingerprint density at radius 3 is 2.35 bits per heavy atom. The maximum atomic E-state index is 12.8. The van der Waals surface area contributed by atoms with E-state index >= 15 is 0 Å². The van der Waals surface area contributed by atoms with Gasteiger partial charge in [0.05, 0.1) is 5.02 Å². The summed E-state index contributed by atoms with van der Waals surface area (Å²) in [6, 6.07) is 10.6. The third-order valence-corrected chi connectivity index (χ3v) is 7.00. The van der Waals surface area contributed by atoms with Crippen molar-refractivity contribution in [3.63, 3.8) is 0 Å². The highest BCUT2D eigenvalue weighted by atomic mass is 35.5. The first kappa shape index (κ1) is 24.6. The number of anilines is 1. The molecule has 2 rings (SSSR count). The van der Waals surface area contributed by atoms with Gasteiger partial charge in [-0.3, -0.25) is 9.59 Å². The van der Waals surface area contributed by atoms with Crippen molar-refractivity contribution in [2.45, 2.75) is 18.7 Å². The van der Waals surface area contributed by atoms with Crippen LogP contribution >= 0.6 is 11.6 Å². The zero-order chi connectivity index (χ0) is 23.2. The van der Waals surface area contributed by atoms with E-state index < -0.39 is 15.9 Å². The average molecular weight is 468 g/mol. The van der Waals surface area contributed by atoms with Crippen molar-refractivity contribution < 1.29 is 22.7 Å². The van der Waals surface area contributed by atoms with Gasteiger partial charge in [0.2, 0.25) is 10.0 Å². The second kappa shape index (κ2) is 10.6. The molecule has 0 fully saturated rings. The molecule has 2 aromatic rings. The first-order valence-corrected chi connectivity index (χ1v) is 11.5. The summed E-state index contributed by atoms with van der Waals surface area (Å²) in [6.07, 6.45) is 0. The Balaban J connectivity index is 2.21. The highest BCUT2D eigenvalue weighted by molar-refractivity contribution is 7.89. The monoisotopic (exact) mass is 467 g/mol. The highest BCUT2D eigenvalue weighted by Gasteiger charge is 2.25. The molecule has 0 aliphatic heterocycles. The van der Waals surface area contributed by atoms with Gasteiger partial charge in [0.15, 0.2) is 6.61 Å². The molecule has 0 aliphatic rings. The Hall–Kier alpha value is -2.62. The summed E-state index contributed by atoms with van der Waals surface area (Å²) in [5.74, 6) is -0.306. The van der Waals surface area contributed by atoms with Gasteiger partial charge in [-0.2, -0.15) is 4.31 Å². The summed E-state index contributed by atoms with van der Waals surface area (Å²) in [5.41, 5.74) is 0.576. The van der Waals surface area contributed by atoms with E-state index in [1.807, 2.05) is 0 Å². The largest absolute Gasteiger partial charge is 0.484 e. The molecule has 8 nitrogen and oxygen atoms in total. The Morgan fingerprint density at radius 2 is 1.74 bits per heavy atom. The summed E-state index contributed by atoms with van der Waals surface area (Å²) in [6.45, 7) is 3.93. The van der Waals surface area contributed by atoms with Crippen LogP contribution in [0.5, 0.6) is 5.75 Å². The standard InChI is InChI=1S/C21H26ClN3O5S/c1-5-25(6-2)31(28,29)19-13-16(10-11-18(19)22)23-21(27)15-8-7-9-17(12-15)30-14-20(26)24(3)4/h7-13H,5-6,14H2,1-4H3,(H,23,27). The van der Waals surface area contributed by atoms with Gasteiger partial charge >= 0.3 is 0 Å². The fourth-order valence-corrected chi connectivity index (χ4v) is 4.64. The number of nitrogens with one attached hydrogen (secondary N) is 1. The first-order chi connectivity index (χ1) is 14.6. The molecule has 1 N–H and O–H groups in total. The number of halogens is 1. The number of rotatable bonds is 9. The number of hydrogen-bond acceptors (Lipinski definition) is 5. The lowest BCUT2D eigenvalue weighted by Crippen LogP contribution is -2.30. The van der Waals surface area contributed by atoms with E-state index in [0.717, 1.165) is 0 Å². The van der Waals surface area contributed by atoms with Crippen molar-refractivity contribution in [3.8, 4) is 5.75 Å². The Bertz CT molecular complexity index is 1050. The minimum Gasteiger partial charge on any atom is -0.484 e. The average Bonchev–Trinajstić information content (AvgIpc) is 2.74. The second-order valence-electron chi connectivity index (χ2n) is 6.79. The van der Waals surface area contributed by atoms with E-state index in [0.29, 0.717) is 18.8 Å². The zero-order valence-corrected chi connectivity index (χ0v) is 19.5. The van der Waals surface area contributed by atoms with Gasteiger partial charge in [0, 0.05) is 38.4 Å². The normalized spacial score (nSPS) is 11.3. The lowest BCUT2D eigenvalue weighted by molar-refractivity contribution is -0.130. The molecular weight excluding hydrogens is 442 g/mol. The smallest absolute Gasteiger partial charge is 0.259 e. The molecule has 0 aromatic heterocycles. The maximum absolute atomic E-state index is 12.8. The summed E-state index contributed by atoms with van der Waals surface area (Å²) >= 11 is 6.13. The number of likely N-dealkylation sites (N-methyl/N-ethyl adjacent to an activating group) is 1. The molecule has 31 heavy (non-hydrogen) atoms. The highest BCUT2D eigenvalue weighted by Crippen LogP contribution is 2.28. The summed E-state index contributed by atoms with van der Waals surface area (Å²) in [4.78, 5) is 25.7. The molecule has 10 heteroatoms. The fourth-order valence-electron chi connectivity index (χ4n) is 2.69. The van der Waals surface area contributed by atoms with Crippen molar-refractivity contribution >= 4 is 39.1 Å². The molecule has 0 spiro atoms. The number of sulfonamides is 1. The van der Waals surface area contributed by atoms with Gasteiger partial charge in [-0.25, -0.2) is 8.42 Å². The predicted octanol–water partition coefficient (Wildman–Crippen LogP) is 3.09. The summed E-state index contributed by atoms with van der Waals surface area (Å²) in [7, 11) is -0.547. The van der Waals surface area contributed by atoms with E-state index in [1.165, 1.54) is 33.5 Å². The van der Waals surface area contributed by atoms with Crippen LogP contribution in [0.4, 0.5) is 5.69 Å². The number of benzene rings is 2. The van der Waals surface area contributed by atoms with E-state index in [1.54, 1.807) is 46.1 Å². The van der Waals surface area contributed by atoms with E-state index in [-0.39, 0.29) is 33.7 Å². The van der Waals surface area contributed by atoms with Crippen LogP contribution in [0.2, 0.25) is 5.02 Å². The number of carbonyl (C=O) groups is 2. The molecule has 2 amide bonds. The van der Waals surface area contributed by atoms with Gasteiger partial charge in [-0.15, -0.1) is 0 Å². The fraction of sp³-hybridized carbons (Fsp3) is 0.333. The molecule has 0 radical (unpaired) electrons. The molecule has 2 aromatic carbocycles. The number of ether oxygens (including phenoxy) is 1. The van der Waals surface area contributed by atoms with E-state index in [9.17, 15) is 18.0 Å². The van der Waals surface area contributed by atoms with E-state index in [4.69, 9.17) is 16.3 Å². The van der Waals surface area contributed by atoms with Crippen molar-refractivity contribution in [2.24, 2.45) is 0 Å². The number of carbonyl (C=O) groups excluding carboxylic acids is 2. The molecule has 0 bridgehead atoms. The molecule has 0 atom stereocenters. The van der Waals surface area contributed by atoms with Gasteiger partial charge in [0.1, 0.15) is 10.6 Å². The zero-order valence-electron chi connectivity index (χ0n) is 17.9. The first-order valence-electron chi connectivity index (χ1n) is 9.64. The van der Waals surface area contributed by atoms with Crippen LogP contribution in [0, 0.1) is 0 Å². The minimum absolute atomic E-state index is 0.0741. The third-order valence-electron chi connectivity index (χ3n) is 4.47. The Labute approximate surface area is 187 Å². The summed E-state index contributed by atoms with van der Waals surface area (Å²) in [5, 5.41) is 2.75.